The number of hydrogen-bond donors (Lipinski definition) is 2. The Labute approximate surface area is 162 Å². The molecule has 0 saturated carbocycles. The molecule has 1 aromatic carbocycles. The quantitative estimate of drug-likeness (QED) is 0.577. The van der Waals surface area contributed by atoms with E-state index in [-0.39, 0.29) is 23.9 Å². The summed E-state index contributed by atoms with van der Waals surface area (Å²) >= 11 is 2.03. The Balaban J connectivity index is 1.78. The number of aromatic nitrogens is 1. The van der Waals surface area contributed by atoms with Crippen LogP contribution < -0.4 is 5.32 Å². The number of amides is 1. The summed E-state index contributed by atoms with van der Waals surface area (Å²) in [4.78, 5) is 18.5. The minimum atomic E-state index is -0.532. The van der Waals surface area contributed by atoms with Gasteiger partial charge in [-0.15, -0.1) is 0 Å². The van der Waals surface area contributed by atoms with E-state index in [0.29, 0.717) is 29.6 Å². The summed E-state index contributed by atoms with van der Waals surface area (Å²) in [7, 11) is 0. The Kier molecular flexibility index (Phi) is 4.53. The number of furan rings is 1. The van der Waals surface area contributed by atoms with Crippen molar-refractivity contribution in [3.8, 4) is 0 Å². The molecule has 4 rings (SSSR count). The van der Waals surface area contributed by atoms with Crippen molar-refractivity contribution >= 4 is 50.8 Å². The van der Waals surface area contributed by atoms with Crippen molar-refractivity contribution in [3.63, 3.8) is 0 Å². The van der Waals surface area contributed by atoms with Gasteiger partial charge in [-0.3, -0.25) is 9.78 Å². The van der Waals surface area contributed by atoms with E-state index in [1.807, 2.05) is 22.6 Å². The Morgan fingerprint density at radius 3 is 3.00 bits per heavy atom. The van der Waals surface area contributed by atoms with Crippen LogP contribution in [0.4, 0.5) is 15.8 Å². The summed E-state index contributed by atoms with van der Waals surface area (Å²) in [6.07, 6.45) is 3.13. The van der Waals surface area contributed by atoms with E-state index in [2.05, 4.69) is 10.3 Å². The van der Waals surface area contributed by atoms with Crippen molar-refractivity contribution in [1.29, 1.82) is 0 Å². The van der Waals surface area contributed by atoms with Gasteiger partial charge in [-0.1, -0.05) is 0 Å². The number of halogens is 2. The van der Waals surface area contributed by atoms with E-state index >= 15 is 0 Å². The third kappa shape index (κ3) is 3.14. The first-order valence-corrected chi connectivity index (χ1v) is 9.16. The summed E-state index contributed by atoms with van der Waals surface area (Å²) < 4.78 is 20.8. The topological polar surface area (TPSA) is 78.6 Å². The molecular weight excluding hydrogens is 452 g/mol. The van der Waals surface area contributed by atoms with Crippen LogP contribution in [0.25, 0.3) is 11.0 Å². The van der Waals surface area contributed by atoms with Crippen LogP contribution in [-0.2, 0) is 0 Å². The number of nitrogens with zero attached hydrogens (tertiary/aromatic N) is 2. The average molecular weight is 467 g/mol. The summed E-state index contributed by atoms with van der Waals surface area (Å²) in [5.74, 6) is -0.684. The maximum atomic E-state index is 14.3. The van der Waals surface area contributed by atoms with E-state index in [1.54, 1.807) is 30.6 Å². The lowest BCUT2D eigenvalue weighted by molar-refractivity contribution is 0.0737. The number of benzene rings is 1. The van der Waals surface area contributed by atoms with Gasteiger partial charge in [-0.25, -0.2) is 4.39 Å². The molecule has 1 amide bonds. The van der Waals surface area contributed by atoms with Crippen molar-refractivity contribution in [1.82, 2.24) is 9.88 Å². The molecule has 0 spiro atoms. The molecule has 26 heavy (non-hydrogen) atoms. The first-order chi connectivity index (χ1) is 12.5. The maximum Gasteiger partial charge on any atom is 0.291 e. The molecule has 1 aliphatic rings. The molecule has 1 aliphatic heterocycles. The molecule has 6 nitrogen and oxygen atoms in total. The molecule has 0 bridgehead atoms. The van der Waals surface area contributed by atoms with Gasteiger partial charge in [-0.05, 0) is 53.3 Å². The average Bonchev–Trinajstić information content (AvgIpc) is 3.21. The molecule has 134 valence electrons. The van der Waals surface area contributed by atoms with Crippen LogP contribution in [0.1, 0.15) is 17.0 Å². The Bertz CT molecular complexity index is 991. The van der Waals surface area contributed by atoms with Crippen LogP contribution in [0, 0.1) is 9.39 Å². The van der Waals surface area contributed by atoms with Crippen LogP contribution in [0.2, 0.25) is 0 Å². The van der Waals surface area contributed by atoms with E-state index in [0.717, 1.165) is 3.57 Å². The minimum Gasteiger partial charge on any atom is -0.448 e. The van der Waals surface area contributed by atoms with E-state index in [4.69, 9.17) is 4.42 Å². The number of nitrogens with one attached hydrogen (secondary N) is 1. The second kappa shape index (κ2) is 6.84. The van der Waals surface area contributed by atoms with Crippen LogP contribution in [0.3, 0.4) is 0 Å². The fraction of sp³-hybridized carbons (Fsp3) is 0.222. The third-order valence-corrected chi connectivity index (χ3v) is 5.00. The molecule has 1 atom stereocenters. The van der Waals surface area contributed by atoms with Crippen LogP contribution in [0.15, 0.2) is 41.1 Å². The van der Waals surface area contributed by atoms with Crippen molar-refractivity contribution in [3.05, 3.63) is 51.8 Å². The van der Waals surface area contributed by atoms with Crippen LogP contribution >= 0.6 is 22.6 Å². The molecule has 2 N–H and O–H groups in total. The first kappa shape index (κ1) is 17.2. The maximum absolute atomic E-state index is 14.3. The fourth-order valence-corrected chi connectivity index (χ4v) is 3.47. The molecule has 3 heterocycles. The predicted octanol–water partition coefficient (Wildman–Crippen LogP) is 3.52. The summed E-state index contributed by atoms with van der Waals surface area (Å²) in [6, 6.07) is 6.44. The zero-order valence-corrected chi connectivity index (χ0v) is 15.7. The molecule has 3 aromatic rings. The molecule has 0 aliphatic carbocycles. The van der Waals surface area contributed by atoms with Gasteiger partial charge in [0.2, 0.25) is 5.76 Å². The highest BCUT2D eigenvalue weighted by atomic mass is 127. The Morgan fingerprint density at radius 1 is 1.42 bits per heavy atom. The van der Waals surface area contributed by atoms with Gasteiger partial charge >= 0.3 is 0 Å². The highest BCUT2D eigenvalue weighted by molar-refractivity contribution is 14.1. The minimum absolute atomic E-state index is 0.0834. The second-order valence-corrected chi connectivity index (χ2v) is 7.37. The van der Waals surface area contributed by atoms with Crippen molar-refractivity contribution < 1.29 is 18.7 Å². The number of anilines is 2. The zero-order chi connectivity index (χ0) is 18.3. The summed E-state index contributed by atoms with van der Waals surface area (Å²) in [5.41, 5.74) is 1.10. The molecule has 8 heteroatoms. The normalized spacial score (nSPS) is 17.0. The van der Waals surface area contributed by atoms with Gasteiger partial charge in [0.15, 0.2) is 0 Å². The largest absolute Gasteiger partial charge is 0.448 e. The van der Waals surface area contributed by atoms with Gasteiger partial charge in [0.05, 0.1) is 17.2 Å². The number of hydrogen-bond acceptors (Lipinski definition) is 5. The monoisotopic (exact) mass is 467 g/mol. The van der Waals surface area contributed by atoms with Gasteiger partial charge in [0, 0.05) is 29.1 Å². The van der Waals surface area contributed by atoms with Crippen LogP contribution in [0.5, 0.6) is 0 Å². The molecule has 2 aromatic heterocycles. The van der Waals surface area contributed by atoms with Gasteiger partial charge < -0.3 is 19.7 Å². The SMILES string of the molecule is O=C(c1oc2ccncc2c1Nc1ccc(I)cc1F)N1CC[C@H](O)C1. The van der Waals surface area contributed by atoms with Crippen molar-refractivity contribution in [2.75, 3.05) is 18.4 Å². The predicted molar refractivity (Wildman–Crippen MR) is 103 cm³/mol. The number of pyridine rings is 1. The molecule has 1 saturated heterocycles. The van der Waals surface area contributed by atoms with E-state index < -0.39 is 11.9 Å². The molecule has 0 unspecified atom stereocenters. The standard InChI is InChI=1S/C18H15FIN3O3/c19-13-7-10(20)1-2-14(13)22-16-12-8-21-5-3-15(12)26-17(16)18(25)23-6-4-11(24)9-23/h1-3,5,7-8,11,22,24H,4,6,9H2/t11-/m0/s1. The van der Waals surface area contributed by atoms with Crippen LogP contribution in [-0.4, -0.2) is 40.1 Å². The first-order valence-electron chi connectivity index (χ1n) is 8.09. The lowest BCUT2D eigenvalue weighted by Crippen LogP contribution is -2.29. The van der Waals surface area contributed by atoms with E-state index in [9.17, 15) is 14.3 Å². The van der Waals surface area contributed by atoms with Gasteiger partial charge in [-0.2, -0.15) is 0 Å². The lowest BCUT2D eigenvalue weighted by Gasteiger charge is -2.15. The Hall–Kier alpha value is -2.20. The number of likely N-dealkylation sites (tertiary alicyclic amines) is 1. The van der Waals surface area contributed by atoms with Crippen molar-refractivity contribution in [2.45, 2.75) is 12.5 Å². The lowest BCUT2D eigenvalue weighted by atomic mass is 10.2. The summed E-state index contributed by atoms with van der Waals surface area (Å²) in [5, 5.41) is 13.3. The molecule has 0 radical (unpaired) electrons. The number of carbonyl (C=O) groups excluding carboxylic acids is 1. The number of carbonyl (C=O) groups is 1. The number of aliphatic hydroxyl groups is 1. The van der Waals surface area contributed by atoms with Crippen molar-refractivity contribution in [2.24, 2.45) is 0 Å². The van der Waals surface area contributed by atoms with Gasteiger partial charge in [0.25, 0.3) is 5.91 Å². The number of fused-ring (bicyclic) bond motifs is 1. The number of rotatable bonds is 3. The summed E-state index contributed by atoms with van der Waals surface area (Å²) in [6.45, 7) is 0.706. The molecular formula is C18H15FIN3O3. The van der Waals surface area contributed by atoms with E-state index in [1.165, 1.54) is 11.0 Å². The second-order valence-electron chi connectivity index (χ2n) is 6.12. The number of β-amino-alcohol motifs (C(OH)–C–C–N with tert-alkyl or cyclic N) is 1. The van der Waals surface area contributed by atoms with Gasteiger partial charge in [0.1, 0.15) is 17.1 Å². The smallest absolute Gasteiger partial charge is 0.291 e. The molecule has 1 fully saturated rings. The fourth-order valence-electron chi connectivity index (χ4n) is 3.01. The highest BCUT2D eigenvalue weighted by Crippen LogP contribution is 2.35. The zero-order valence-electron chi connectivity index (χ0n) is 13.6. The number of aliphatic hydroxyl groups excluding tert-OH is 1. The highest BCUT2D eigenvalue weighted by Gasteiger charge is 2.30. The third-order valence-electron chi connectivity index (χ3n) is 4.33. The Morgan fingerprint density at radius 2 is 2.27 bits per heavy atom.